The summed E-state index contributed by atoms with van der Waals surface area (Å²) >= 11 is 6.09. The van der Waals surface area contributed by atoms with Gasteiger partial charge in [0.25, 0.3) is 0 Å². The highest BCUT2D eigenvalue weighted by molar-refractivity contribution is 6.30. The largest absolute Gasteiger partial charge is 0.326 e. The highest BCUT2D eigenvalue weighted by Crippen LogP contribution is 2.24. The molecular weight excluding hydrogens is 444 g/mol. The molecule has 0 saturated carbocycles. The summed E-state index contributed by atoms with van der Waals surface area (Å²) in [7, 11) is 0. The summed E-state index contributed by atoms with van der Waals surface area (Å²) in [6.45, 7) is 5.18. The molecule has 1 fully saturated rings. The second-order valence-electron chi connectivity index (χ2n) is 9.11. The van der Waals surface area contributed by atoms with E-state index in [1.54, 1.807) is 0 Å². The van der Waals surface area contributed by atoms with Gasteiger partial charge in [-0.3, -0.25) is 9.69 Å². The predicted molar refractivity (Wildman–Crippen MR) is 138 cm³/mol. The minimum atomic E-state index is -0.0255. The Balaban J connectivity index is 1.34. The molecule has 0 bridgehead atoms. The van der Waals surface area contributed by atoms with Crippen molar-refractivity contribution in [3.05, 3.63) is 94.8 Å². The number of likely N-dealkylation sites (tertiary alicyclic amines) is 1. The normalized spacial score (nSPS) is 16.6. The second-order valence-corrected chi connectivity index (χ2v) is 9.54. The topological polar surface area (TPSA) is 50.2 Å². The van der Waals surface area contributed by atoms with Gasteiger partial charge in [-0.15, -0.1) is 0 Å². The minimum absolute atomic E-state index is 0.0255. The molecule has 174 valence electrons. The first-order valence-electron chi connectivity index (χ1n) is 11.8. The Kier molecular flexibility index (Phi) is 6.66. The molecular formula is C28H29ClN4O. The molecule has 1 aliphatic heterocycles. The number of amides is 1. The van der Waals surface area contributed by atoms with E-state index in [1.807, 2.05) is 49.4 Å². The summed E-state index contributed by atoms with van der Waals surface area (Å²) in [5.41, 5.74) is 5.28. The van der Waals surface area contributed by atoms with Crippen molar-refractivity contribution in [3.8, 4) is 0 Å². The SMILES string of the molecule is Cc1ccccc1NC(=O)[C@H]1CCCN(Cc2nc3ccccc3n2Cc2ccc(Cl)cc2)C1. The van der Waals surface area contributed by atoms with Crippen LogP contribution in [-0.2, 0) is 17.9 Å². The average molecular weight is 473 g/mol. The number of imidazole rings is 1. The number of fused-ring (bicyclic) bond motifs is 1. The van der Waals surface area contributed by atoms with Gasteiger partial charge in [-0.1, -0.05) is 54.1 Å². The molecule has 1 N–H and O–H groups in total. The van der Waals surface area contributed by atoms with Crippen LogP contribution in [0.3, 0.4) is 0 Å². The van der Waals surface area contributed by atoms with E-state index in [9.17, 15) is 4.79 Å². The molecule has 5 nitrogen and oxygen atoms in total. The van der Waals surface area contributed by atoms with Gasteiger partial charge < -0.3 is 9.88 Å². The van der Waals surface area contributed by atoms with Gasteiger partial charge in [0.15, 0.2) is 0 Å². The molecule has 34 heavy (non-hydrogen) atoms. The van der Waals surface area contributed by atoms with Gasteiger partial charge in [-0.05, 0) is 67.8 Å². The van der Waals surface area contributed by atoms with Crippen molar-refractivity contribution < 1.29 is 4.79 Å². The molecule has 5 rings (SSSR count). The van der Waals surface area contributed by atoms with Crippen molar-refractivity contribution in [2.24, 2.45) is 5.92 Å². The van der Waals surface area contributed by atoms with E-state index < -0.39 is 0 Å². The Bertz CT molecular complexity index is 1300. The number of aromatic nitrogens is 2. The van der Waals surface area contributed by atoms with E-state index in [2.05, 4.69) is 45.1 Å². The van der Waals surface area contributed by atoms with Crippen LogP contribution in [0.4, 0.5) is 5.69 Å². The number of piperidine rings is 1. The second kappa shape index (κ2) is 10.00. The Hall–Kier alpha value is -3.15. The van der Waals surface area contributed by atoms with Crippen molar-refractivity contribution >= 4 is 34.2 Å². The van der Waals surface area contributed by atoms with Gasteiger partial charge >= 0.3 is 0 Å². The van der Waals surface area contributed by atoms with Crippen LogP contribution in [0, 0.1) is 12.8 Å². The lowest BCUT2D eigenvalue weighted by atomic mass is 9.97. The van der Waals surface area contributed by atoms with E-state index in [-0.39, 0.29) is 11.8 Å². The standard InChI is InChI=1S/C28H29ClN4O/c1-20-7-2-3-9-24(20)31-28(34)22-8-6-16-32(18-22)19-27-30-25-10-4-5-11-26(25)33(27)17-21-12-14-23(29)15-13-21/h2-5,7,9-15,22H,6,8,16-19H2,1H3,(H,31,34)/t22-/m0/s1. The average Bonchev–Trinajstić information content (AvgIpc) is 3.19. The maximum absolute atomic E-state index is 13.0. The molecule has 1 atom stereocenters. The third-order valence-electron chi connectivity index (χ3n) is 6.63. The third-order valence-corrected chi connectivity index (χ3v) is 6.88. The number of anilines is 1. The molecule has 1 saturated heterocycles. The van der Waals surface area contributed by atoms with Crippen LogP contribution in [0.25, 0.3) is 11.0 Å². The lowest BCUT2D eigenvalue weighted by Gasteiger charge is -2.32. The van der Waals surface area contributed by atoms with Crippen molar-refractivity contribution in [3.63, 3.8) is 0 Å². The molecule has 1 aromatic heterocycles. The number of aryl methyl sites for hydroxylation is 1. The van der Waals surface area contributed by atoms with Crippen molar-refractivity contribution in [2.45, 2.75) is 32.9 Å². The molecule has 6 heteroatoms. The highest BCUT2D eigenvalue weighted by atomic mass is 35.5. The van der Waals surface area contributed by atoms with Gasteiger partial charge in [0.2, 0.25) is 5.91 Å². The number of carbonyl (C=O) groups excluding carboxylic acids is 1. The molecule has 0 aliphatic carbocycles. The lowest BCUT2D eigenvalue weighted by molar-refractivity contribution is -0.121. The summed E-state index contributed by atoms with van der Waals surface area (Å²) in [6, 6.07) is 24.2. The fraction of sp³-hybridized carbons (Fsp3) is 0.286. The minimum Gasteiger partial charge on any atom is -0.326 e. The zero-order chi connectivity index (χ0) is 23.5. The third kappa shape index (κ3) is 5.01. The fourth-order valence-corrected chi connectivity index (χ4v) is 4.88. The van der Waals surface area contributed by atoms with E-state index >= 15 is 0 Å². The number of nitrogens with zero attached hydrogens (tertiary/aromatic N) is 3. The highest BCUT2D eigenvalue weighted by Gasteiger charge is 2.27. The van der Waals surface area contributed by atoms with Gasteiger partial charge in [0.05, 0.1) is 23.5 Å². The number of hydrogen-bond acceptors (Lipinski definition) is 3. The molecule has 3 aromatic carbocycles. The maximum atomic E-state index is 13.0. The van der Waals surface area contributed by atoms with Crippen molar-refractivity contribution in [1.82, 2.24) is 14.5 Å². The van der Waals surface area contributed by atoms with Crippen molar-refractivity contribution in [2.75, 3.05) is 18.4 Å². The molecule has 1 amide bonds. The van der Waals surface area contributed by atoms with E-state index in [4.69, 9.17) is 16.6 Å². The van der Waals surface area contributed by atoms with Gasteiger partial charge in [-0.2, -0.15) is 0 Å². The smallest absolute Gasteiger partial charge is 0.228 e. The number of nitrogens with one attached hydrogen (secondary N) is 1. The van der Waals surface area contributed by atoms with Crippen LogP contribution in [0.1, 0.15) is 29.8 Å². The summed E-state index contributed by atoms with van der Waals surface area (Å²) < 4.78 is 2.29. The number of carbonyl (C=O) groups is 1. The van der Waals surface area contributed by atoms with Crippen molar-refractivity contribution in [1.29, 1.82) is 0 Å². The van der Waals surface area contributed by atoms with E-state index in [0.29, 0.717) is 0 Å². The monoisotopic (exact) mass is 472 g/mol. The van der Waals surface area contributed by atoms with E-state index in [0.717, 1.165) is 72.2 Å². The molecule has 0 radical (unpaired) electrons. The van der Waals surface area contributed by atoms with Gasteiger partial charge in [0, 0.05) is 23.8 Å². The van der Waals surface area contributed by atoms with E-state index in [1.165, 1.54) is 5.56 Å². The molecule has 1 aliphatic rings. The summed E-state index contributed by atoms with van der Waals surface area (Å²) in [4.78, 5) is 20.4. The molecule has 0 spiro atoms. The first-order valence-corrected chi connectivity index (χ1v) is 12.2. The van der Waals surface area contributed by atoms with Crippen LogP contribution in [0.5, 0.6) is 0 Å². The maximum Gasteiger partial charge on any atom is 0.228 e. The molecule has 4 aromatic rings. The number of para-hydroxylation sites is 3. The predicted octanol–water partition coefficient (Wildman–Crippen LogP) is 5.90. The lowest BCUT2D eigenvalue weighted by Crippen LogP contribution is -2.40. The zero-order valence-corrected chi connectivity index (χ0v) is 20.1. The molecule has 0 unspecified atom stereocenters. The Labute approximate surface area is 205 Å². The van der Waals surface area contributed by atoms with Crippen LogP contribution in [0.2, 0.25) is 5.02 Å². The number of rotatable bonds is 6. The van der Waals surface area contributed by atoms with Crippen LogP contribution in [-0.4, -0.2) is 33.4 Å². The van der Waals surface area contributed by atoms with Crippen LogP contribution in [0.15, 0.2) is 72.8 Å². The zero-order valence-electron chi connectivity index (χ0n) is 19.4. The Morgan fingerprint density at radius 3 is 2.62 bits per heavy atom. The summed E-state index contributed by atoms with van der Waals surface area (Å²) in [6.07, 6.45) is 1.92. The number of hydrogen-bond donors (Lipinski definition) is 1. The summed E-state index contributed by atoms with van der Waals surface area (Å²) in [5, 5.41) is 3.88. The first-order chi connectivity index (χ1) is 16.6. The Morgan fingerprint density at radius 1 is 1.03 bits per heavy atom. The summed E-state index contributed by atoms with van der Waals surface area (Å²) in [5.74, 6) is 1.10. The number of benzene rings is 3. The Morgan fingerprint density at radius 2 is 1.79 bits per heavy atom. The van der Waals surface area contributed by atoms with Gasteiger partial charge in [0.1, 0.15) is 5.82 Å². The fourth-order valence-electron chi connectivity index (χ4n) is 4.76. The van der Waals surface area contributed by atoms with Crippen LogP contribution < -0.4 is 5.32 Å². The quantitative estimate of drug-likeness (QED) is 0.380. The van der Waals surface area contributed by atoms with Crippen LogP contribution >= 0.6 is 11.6 Å². The molecule has 2 heterocycles. The number of halogens is 1. The van der Waals surface area contributed by atoms with Gasteiger partial charge in [-0.25, -0.2) is 4.98 Å². The first kappa shape index (κ1) is 22.6.